The number of hydrogen-bond acceptors (Lipinski definition) is 1. The van der Waals surface area contributed by atoms with E-state index < -0.39 is 0 Å². The summed E-state index contributed by atoms with van der Waals surface area (Å²) in [5, 5.41) is 15.3. The molecule has 1 aromatic heterocycles. The van der Waals surface area contributed by atoms with Crippen LogP contribution >= 0.6 is 0 Å². The van der Waals surface area contributed by atoms with Crippen molar-refractivity contribution in [2.24, 2.45) is 0 Å². The predicted octanol–water partition coefficient (Wildman–Crippen LogP) is 10.5. The normalized spacial score (nSPS) is 16.0. The van der Waals surface area contributed by atoms with E-state index in [1.54, 1.807) is 0 Å². The smallest absolute Gasteiger partial charge is 0.0994 e. The van der Waals surface area contributed by atoms with Crippen LogP contribution in [0.3, 0.4) is 0 Å². The highest BCUT2D eigenvalue weighted by atomic mass is 15.0. The molecule has 11 rings (SSSR count). The van der Waals surface area contributed by atoms with Crippen LogP contribution < -0.4 is 0 Å². The highest BCUT2D eigenvalue weighted by Gasteiger charge is 2.43. The lowest BCUT2D eigenvalue weighted by atomic mass is 9.59. The number of nitrogens with zero attached hydrogens (tertiary/aromatic N) is 2. The molecule has 0 fully saturated rings. The molecule has 0 N–H and O–H groups in total. The van der Waals surface area contributed by atoms with E-state index in [1.807, 2.05) is 6.07 Å². The van der Waals surface area contributed by atoms with Gasteiger partial charge in [0.25, 0.3) is 0 Å². The van der Waals surface area contributed by atoms with E-state index in [9.17, 15) is 5.26 Å². The van der Waals surface area contributed by atoms with Crippen molar-refractivity contribution >= 4 is 32.6 Å². The molecule has 7 aromatic carbocycles. The second kappa shape index (κ2) is 9.05. The lowest BCUT2D eigenvalue weighted by Gasteiger charge is -2.43. The summed E-state index contributed by atoms with van der Waals surface area (Å²) in [7, 11) is 0. The Morgan fingerprint density at radius 3 is 1.82 bits per heavy atom. The van der Waals surface area contributed by atoms with E-state index in [-0.39, 0.29) is 11.8 Å². The molecule has 3 aliphatic carbocycles. The van der Waals surface area contributed by atoms with Gasteiger partial charge >= 0.3 is 0 Å². The van der Waals surface area contributed by atoms with Crippen LogP contribution in [0.5, 0.6) is 0 Å². The molecule has 0 saturated carbocycles. The summed E-state index contributed by atoms with van der Waals surface area (Å²) in [4.78, 5) is 0. The fourth-order valence-corrected chi connectivity index (χ4v) is 8.44. The standard InChI is InChI=1S/C43H26N2/c44-25-28-20-22-30(43-40(28)41-32-14-3-5-16-34(32)42(43)35-17-6-4-15-33(35)41)27-21-23-39-36(24-27)31-13-7-8-18-38(31)45(39)37-19-9-11-26-10-1-2-12-29(26)37/h1-24,41-42H. The molecule has 0 radical (unpaired) electrons. The van der Waals surface area contributed by atoms with Gasteiger partial charge in [0.2, 0.25) is 0 Å². The Morgan fingerprint density at radius 2 is 1.09 bits per heavy atom. The number of benzene rings is 7. The fourth-order valence-electron chi connectivity index (χ4n) is 8.44. The molecule has 0 spiro atoms. The van der Waals surface area contributed by atoms with E-state index in [4.69, 9.17) is 0 Å². The minimum absolute atomic E-state index is 0.0593. The zero-order chi connectivity index (χ0) is 29.6. The van der Waals surface area contributed by atoms with E-state index in [0.29, 0.717) is 0 Å². The number of aromatic nitrogens is 1. The predicted molar refractivity (Wildman–Crippen MR) is 183 cm³/mol. The summed E-state index contributed by atoms with van der Waals surface area (Å²) in [6.45, 7) is 0. The third-order valence-electron chi connectivity index (χ3n) is 10.2. The van der Waals surface area contributed by atoms with Crippen molar-refractivity contribution in [2.45, 2.75) is 11.8 Å². The van der Waals surface area contributed by atoms with Crippen LogP contribution in [0.4, 0.5) is 0 Å². The van der Waals surface area contributed by atoms with Crippen molar-refractivity contribution in [3.8, 4) is 22.9 Å². The number of rotatable bonds is 2. The molecule has 0 amide bonds. The first-order chi connectivity index (χ1) is 22.3. The number of nitriles is 1. The Bertz CT molecular complexity index is 2520. The second-order valence-corrected chi connectivity index (χ2v) is 12.3. The maximum Gasteiger partial charge on any atom is 0.0994 e. The molecule has 2 nitrogen and oxygen atoms in total. The molecule has 45 heavy (non-hydrogen) atoms. The quantitative estimate of drug-likeness (QED) is 0.203. The van der Waals surface area contributed by atoms with E-state index in [0.717, 1.165) is 5.56 Å². The van der Waals surface area contributed by atoms with Gasteiger partial charge in [0, 0.05) is 28.0 Å². The van der Waals surface area contributed by atoms with Gasteiger partial charge in [-0.25, -0.2) is 0 Å². The number of fused-ring (bicyclic) bond motifs is 4. The van der Waals surface area contributed by atoms with Gasteiger partial charge in [-0.15, -0.1) is 0 Å². The minimum atomic E-state index is 0.0593. The summed E-state index contributed by atoms with van der Waals surface area (Å²) in [6.07, 6.45) is 0. The van der Waals surface area contributed by atoms with Crippen LogP contribution in [0.25, 0.3) is 49.4 Å². The molecular formula is C43H26N2. The van der Waals surface area contributed by atoms with Gasteiger partial charge in [-0.05, 0) is 80.2 Å². The van der Waals surface area contributed by atoms with Gasteiger partial charge in [-0.1, -0.05) is 115 Å². The summed E-state index contributed by atoms with van der Waals surface area (Å²) < 4.78 is 2.42. The molecule has 208 valence electrons. The Morgan fingerprint density at radius 1 is 0.489 bits per heavy atom. The second-order valence-electron chi connectivity index (χ2n) is 12.3. The summed E-state index contributed by atoms with van der Waals surface area (Å²) >= 11 is 0. The average molecular weight is 571 g/mol. The lowest BCUT2D eigenvalue weighted by Crippen LogP contribution is -2.29. The van der Waals surface area contributed by atoms with Crippen molar-refractivity contribution < 1.29 is 0 Å². The maximum absolute atomic E-state index is 10.4. The van der Waals surface area contributed by atoms with Crippen molar-refractivity contribution in [3.05, 3.63) is 185 Å². The van der Waals surface area contributed by atoms with Gasteiger partial charge in [-0.2, -0.15) is 5.26 Å². The molecule has 0 atom stereocenters. The lowest BCUT2D eigenvalue weighted by molar-refractivity contribution is 0.753. The van der Waals surface area contributed by atoms with Gasteiger partial charge in [0.1, 0.15) is 0 Å². The first-order valence-corrected chi connectivity index (χ1v) is 15.6. The van der Waals surface area contributed by atoms with E-state index >= 15 is 0 Å². The first kappa shape index (κ1) is 24.5. The number of para-hydroxylation sites is 1. The molecule has 0 unspecified atom stereocenters. The third kappa shape index (κ3) is 3.22. The van der Waals surface area contributed by atoms with Gasteiger partial charge in [0.15, 0.2) is 0 Å². The maximum atomic E-state index is 10.4. The largest absolute Gasteiger partial charge is 0.309 e. The van der Waals surface area contributed by atoms with Crippen molar-refractivity contribution in [1.82, 2.24) is 4.57 Å². The highest BCUT2D eigenvalue weighted by Crippen LogP contribution is 2.58. The zero-order valence-corrected chi connectivity index (χ0v) is 24.4. The summed E-state index contributed by atoms with van der Waals surface area (Å²) in [5.74, 6) is 0.150. The van der Waals surface area contributed by atoms with Crippen LogP contribution in [0.1, 0.15) is 50.8 Å². The average Bonchev–Trinajstić information content (AvgIpc) is 3.44. The fraction of sp³-hybridized carbons (Fsp3) is 0.0465. The Labute approximate surface area is 261 Å². The molecule has 8 aromatic rings. The monoisotopic (exact) mass is 570 g/mol. The van der Waals surface area contributed by atoms with Gasteiger partial charge < -0.3 is 4.57 Å². The van der Waals surface area contributed by atoms with Gasteiger partial charge in [-0.3, -0.25) is 0 Å². The van der Waals surface area contributed by atoms with E-state index in [1.165, 1.54) is 82.8 Å². The van der Waals surface area contributed by atoms with Crippen molar-refractivity contribution in [1.29, 1.82) is 5.26 Å². The van der Waals surface area contributed by atoms with Crippen LogP contribution in [0, 0.1) is 11.3 Å². The molecular weight excluding hydrogens is 544 g/mol. The van der Waals surface area contributed by atoms with Crippen LogP contribution in [0.15, 0.2) is 146 Å². The molecule has 1 heterocycles. The molecule has 0 saturated heterocycles. The molecule has 2 bridgehead atoms. The Hall–Kier alpha value is -5.91. The Kier molecular flexibility index (Phi) is 4.93. The van der Waals surface area contributed by atoms with Crippen molar-refractivity contribution in [2.75, 3.05) is 0 Å². The summed E-state index contributed by atoms with van der Waals surface area (Å²) in [5.41, 5.74) is 14.6. The first-order valence-electron chi connectivity index (χ1n) is 15.6. The Balaban J connectivity index is 1.26. The summed E-state index contributed by atoms with van der Waals surface area (Å²) in [6, 6.07) is 55.4. The van der Waals surface area contributed by atoms with Crippen LogP contribution in [-0.4, -0.2) is 4.57 Å². The van der Waals surface area contributed by atoms with Crippen LogP contribution in [-0.2, 0) is 0 Å². The van der Waals surface area contributed by atoms with Crippen LogP contribution in [0.2, 0.25) is 0 Å². The van der Waals surface area contributed by atoms with Crippen molar-refractivity contribution in [3.63, 3.8) is 0 Å². The van der Waals surface area contributed by atoms with E-state index in [2.05, 4.69) is 150 Å². The van der Waals surface area contributed by atoms with Gasteiger partial charge in [0.05, 0.1) is 28.4 Å². The SMILES string of the molecule is N#Cc1ccc(-c2ccc3c(c2)c2ccccc2n3-c2cccc3ccccc23)c2c1C1c3ccccc3C2c2ccccc21. The third-order valence-corrected chi connectivity index (χ3v) is 10.2. The zero-order valence-electron chi connectivity index (χ0n) is 24.4. The molecule has 0 aliphatic heterocycles. The number of hydrogen-bond donors (Lipinski definition) is 0. The minimum Gasteiger partial charge on any atom is -0.309 e. The topological polar surface area (TPSA) is 28.7 Å². The molecule has 3 aliphatic rings. The highest BCUT2D eigenvalue weighted by molar-refractivity contribution is 6.11. The molecule has 2 heteroatoms.